The molecule has 0 atom stereocenters. The van der Waals surface area contributed by atoms with Crippen molar-refractivity contribution >= 4 is 27.6 Å². The lowest BCUT2D eigenvalue weighted by Gasteiger charge is -2.28. The van der Waals surface area contributed by atoms with Gasteiger partial charge in [0.25, 0.3) is 0 Å². The lowest BCUT2D eigenvalue weighted by molar-refractivity contribution is 0.0513. The van der Waals surface area contributed by atoms with E-state index in [1.54, 1.807) is 18.2 Å². The van der Waals surface area contributed by atoms with Crippen LogP contribution in [0.2, 0.25) is 0 Å². The molecule has 1 aliphatic rings. The van der Waals surface area contributed by atoms with Crippen LogP contribution in [0.4, 0.5) is 0 Å². The van der Waals surface area contributed by atoms with Crippen LogP contribution in [0.25, 0.3) is 0 Å². The molecule has 106 valence electrons. The predicted octanol–water partition coefficient (Wildman–Crippen LogP) is 4.73. The molecule has 0 amide bonds. The normalized spacial score (nSPS) is 19.6. The topological polar surface area (TPSA) is 38.7 Å². The third kappa shape index (κ3) is 3.79. The lowest BCUT2D eigenvalue weighted by atomic mass is 9.77. The molecule has 3 nitrogen and oxygen atoms in total. The fraction of sp³-hybridized carbons (Fsp3) is 0.375. The summed E-state index contributed by atoms with van der Waals surface area (Å²) in [4.78, 5) is 17.0. The Kier molecular flexibility index (Phi) is 4.43. The number of carbonyl (C=O) groups excluding carboxylic acids is 1. The van der Waals surface area contributed by atoms with E-state index in [0.29, 0.717) is 10.0 Å². The van der Waals surface area contributed by atoms with Gasteiger partial charge in [-0.1, -0.05) is 36.7 Å². The minimum atomic E-state index is -0.445. The number of hydrogen-bond donors (Lipinski definition) is 0. The molecule has 0 radical (unpaired) electrons. The second kappa shape index (κ2) is 5.92. The van der Waals surface area contributed by atoms with Crippen molar-refractivity contribution in [3.05, 3.63) is 46.0 Å². The first-order valence-corrected chi connectivity index (χ1v) is 7.37. The SMILES string of the molecule is CC1=C/C(=N\OC(=O)c2ccccc2Br)CC(C)(C)C1. The summed E-state index contributed by atoms with van der Waals surface area (Å²) in [5.74, 6) is -0.445. The number of allylic oxidation sites excluding steroid dienone is 2. The fourth-order valence-electron chi connectivity index (χ4n) is 2.53. The van der Waals surface area contributed by atoms with Gasteiger partial charge in [0.1, 0.15) is 0 Å². The summed E-state index contributed by atoms with van der Waals surface area (Å²) in [6.07, 6.45) is 3.86. The Labute approximate surface area is 127 Å². The average molecular weight is 336 g/mol. The first kappa shape index (κ1) is 15.0. The van der Waals surface area contributed by atoms with E-state index in [0.717, 1.165) is 18.6 Å². The number of benzene rings is 1. The van der Waals surface area contributed by atoms with Crippen LogP contribution in [-0.2, 0) is 4.84 Å². The Morgan fingerprint density at radius 1 is 1.30 bits per heavy atom. The molecule has 0 fully saturated rings. The Balaban J connectivity index is 2.12. The standard InChI is InChI=1S/C16H18BrNO2/c1-11-8-12(10-16(2,3)9-11)18-20-15(19)13-6-4-5-7-14(13)17/h4-8H,9-10H2,1-3H3/b18-12+. The molecular weight excluding hydrogens is 318 g/mol. The van der Waals surface area contributed by atoms with Crippen LogP contribution in [0.3, 0.4) is 0 Å². The minimum absolute atomic E-state index is 0.164. The smallest absolute Gasteiger partial charge is 0.312 e. The van der Waals surface area contributed by atoms with Crippen LogP contribution in [0, 0.1) is 5.41 Å². The molecule has 0 aromatic heterocycles. The van der Waals surface area contributed by atoms with Crippen LogP contribution in [0.5, 0.6) is 0 Å². The van der Waals surface area contributed by atoms with Crippen molar-refractivity contribution in [3.8, 4) is 0 Å². The summed E-state index contributed by atoms with van der Waals surface area (Å²) in [6, 6.07) is 7.15. The van der Waals surface area contributed by atoms with Crippen LogP contribution >= 0.6 is 15.9 Å². The number of oxime groups is 1. The van der Waals surface area contributed by atoms with Crippen LogP contribution < -0.4 is 0 Å². The van der Waals surface area contributed by atoms with Crippen molar-refractivity contribution in [2.75, 3.05) is 0 Å². The van der Waals surface area contributed by atoms with Crippen molar-refractivity contribution in [3.63, 3.8) is 0 Å². The maximum atomic E-state index is 12.0. The molecular formula is C16H18BrNO2. The molecule has 0 bridgehead atoms. The highest BCUT2D eigenvalue weighted by atomic mass is 79.9. The summed E-state index contributed by atoms with van der Waals surface area (Å²) < 4.78 is 0.709. The quantitative estimate of drug-likeness (QED) is 0.579. The van der Waals surface area contributed by atoms with E-state index in [-0.39, 0.29) is 5.41 Å². The minimum Gasteiger partial charge on any atom is -0.312 e. The molecule has 0 saturated carbocycles. The summed E-state index contributed by atoms with van der Waals surface area (Å²) in [5, 5.41) is 4.02. The number of nitrogens with zero attached hydrogens (tertiary/aromatic N) is 1. The monoisotopic (exact) mass is 335 g/mol. The number of hydrogen-bond acceptors (Lipinski definition) is 3. The van der Waals surface area contributed by atoms with E-state index in [4.69, 9.17) is 4.84 Å². The second-order valence-corrected chi connectivity index (χ2v) is 6.80. The maximum absolute atomic E-state index is 12.0. The third-order valence-corrected chi connectivity index (χ3v) is 3.86. The molecule has 0 aliphatic heterocycles. The zero-order chi connectivity index (χ0) is 14.8. The summed E-state index contributed by atoms with van der Waals surface area (Å²) in [6.45, 7) is 6.45. The van der Waals surface area contributed by atoms with Crippen molar-refractivity contribution in [1.82, 2.24) is 0 Å². The first-order chi connectivity index (χ1) is 9.37. The Morgan fingerprint density at radius 3 is 2.65 bits per heavy atom. The van der Waals surface area contributed by atoms with Crippen LogP contribution in [-0.4, -0.2) is 11.7 Å². The van der Waals surface area contributed by atoms with E-state index in [1.165, 1.54) is 5.57 Å². The number of halogens is 1. The number of rotatable bonds is 2. The molecule has 1 aromatic carbocycles. The van der Waals surface area contributed by atoms with Crippen molar-refractivity contribution in [1.29, 1.82) is 0 Å². The van der Waals surface area contributed by atoms with Gasteiger partial charge in [0.15, 0.2) is 0 Å². The predicted molar refractivity (Wildman–Crippen MR) is 83.8 cm³/mol. The highest BCUT2D eigenvalue weighted by Gasteiger charge is 2.25. The molecule has 1 aliphatic carbocycles. The maximum Gasteiger partial charge on any atom is 0.366 e. The van der Waals surface area contributed by atoms with E-state index in [2.05, 4.69) is 41.9 Å². The average Bonchev–Trinajstić information content (AvgIpc) is 2.34. The van der Waals surface area contributed by atoms with Crippen molar-refractivity contribution < 1.29 is 9.63 Å². The molecule has 2 rings (SSSR count). The second-order valence-electron chi connectivity index (χ2n) is 5.95. The van der Waals surface area contributed by atoms with Gasteiger partial charge in [-0.25, -0.2) is 4.79 Å². The molecule has 4 heteroatoms. The lowest BCUT2D eigenvalue weighted by Crippen LogP contribution is -2.21. The van der Waals surface area contributed by atoms with Crippen LogP contribution in [0.1, 0.15) is 44.0 Å². The van der Waals surface area contributed by atoms with Gasteiger partial charge in [0.2, 0.25) is 0 Å². The summed E-state index contributed by atoms with van der Waals surface area (Å²) in [5.41, 5.74) is 2.72. The molecule has 1 aromatic rings. The van der Waals surface area contributed by atoms with Crippen molar-refractivity contribution in [2.45, 2.75) is 33.6 Å². The zero-order valence-corrected chi connectivity index (χ0v) is 13.5. The third-order valence-electron chi connectivity index (χ3n) is 3.17. The van der Waals surface area contributed by atoms with Gasteiger partial charge in [-0.2, -0.15) is 0 Å². The van der Waals surface area contributed by atoms with Crippen molar-refractivity contribution in [2.24, 2.45) is 10.6 Å². The van der Waals surface area contributed by atoms with Gasteiger partial charge in [0.05, 0.1) is 11.3 Å². The summed E-state index contributed by atoms with van der Waals surface area (Å²) in [7, 11) is 0. The Bertz CT molecular complexity index is 588. The van der Waals surface area contributed by atoms with E-state index in [1.807, 2.05) is 12.1 Å². The van der Waals surface area contributed by atoms with Gasteiger partial charge in [-0.3, -0.25) is 0 Å². The highest BCUT2D eigenvalue weighted by Crippen LogP contribution is 2.33. The molecule has 0 saturated heterocycles. The molecule has 0 spiro atoms. The van der Waals surface area contributed by atoms with E-state index in [9.17, 15) is 4.79 Å². The van der Waals surface area contributed by atoms with Gasteiger partial charge >= 0.3 is 5.97 Å². The molecule has 20 heavy (non-hydrogen) atoms. The summed E-state index contributed by atoms with van der Waals surface area (Å²) >= 11 is 3.33. The fourth-order valence-corrected chi connectivity index (χ4v) is 2.98. The van der Waals surface area contributed by atoms with Gasteiger partial charge in [-0.05, 0) is 59.3 Å². The molecule has 0 N–H and O–H groups in total. The molecule has 0 heterocycles. The Hall–Kier alpha value is -1.42. The zero-order valence-electron chi connectivity index (χ0n) is 11.9. The van der Waals surface area contributed by atoms with Gasteiger partial charge in [-0.15, -0.1) is 0 Å². The van der Waals surface area contributed by atoms with Crippen LogP contribution in [0.15, 0.2) is 45.5 Å². The van der Waals surface area contributed by atoms with Gasteiger partial charge in [0, 0.05) is 4.47 Å². The highest BCUT2D eigenvalue weighted by molar-refractivity contribution is 9.10. The first-order valence-electron chi connectivity index (χ1n) is 6.57. The Morgan fingerprint density at radius 2 is 2.00 bits per heavy atom. The van der Waals surface area contributed by atoms with Gasteiger partial charge < -0.3 is 4.84 Å². The van der Waals surface area contributed by atoms with E-state index >= 15 is 0 Å². The molecule has 0 unspecified atom stereocenters. The van der Waals surface area contributed by atoms with E-state index < -0.39 is 5.97 Å². The number of carbonyl (C=O) groups is 1. The largest absolute Gasteiger partial charge is 0.366 e.